The first kappa shape index (κ1) is 25.5. The molecule has 0 N–H and O–H groups in total. The van der Waals surface area contributed by atoms with E-state index >= 15 is 0 Å². The Balaban J connectivity index is 1.75. The Morgan fingerprint density at radius 1 is 1.19 bits per heavy atom. The number of pyridine rings is 1. The molecule has 1 aromatic carbocycles. The van der Waals surface area contributed by atoms with E-state index in [1.165, 1.54) is 24.4 Å². The van der Waals surface area contributed by atoms with Gasteiger partial charge in [-0.25, -0.2) is 4.39 Å². The van der Waals surface area contributed by atoms with Gasteiger partial charge in [0.1, 0.15) is 11.9 Å². The average molecular weight is 557 g/mol. The largest absolute Gasteiger partial charge is 0.478 e. The molecule has 0 fully saturated rings. The minimum atomic E-state index is -0.727. The Morgan fingerprint density at radius 2 is 1.97 bits per heavy atom. The molecule has 1 atom stereocenters. The van der Waals surface area contributed by atoms with Gasteiger partial charge in [-0.1, -0.05) is 6.92 Å². The quantitative estimate of drug-likeness (QED) is 0.190. The second-order valence-electron chi connectivity index (χ2n) is 8.39. The number of aryl methyl sites for hydroxylation is 3. The van der Waals surface area contributed by atoms with Crippen molar-refractivity contribution in [1.82, 2.24) is 24.5 Å². The normalized spacial score (nSPS) is 12.1. The maximum atomic E-state index is 14.4. The van der Waals surface area contributed by atoms with Crippen molar-refractivity contribution in [3.05, 3.63) is 85.6 Å². The summed E-state index contributed by atoms with van der Waals surface area (Å²) in [6.07, 6.45) is 6.01. The van der Waals surface area contributed by atoms with Crippen molar-refractivity contribution < 1.29 is 14.1 Å². The summed E-state index contributed by atoms with van der Waals surface area (Å²) in [5, 5.41) is 20.8. The molecule has 4 aromatic rings. The number of halogens is 2. The summed E-state index contributed by atoms with van der Waals surface area (Å²) in [4.78, 5) is 14.7. The number of hydrogen-bond donors (Lipinski definition) is 0. The van der Waals surface area contributed by atoms with Crippen LogP contribution in [0.2, 0.25) is 0 Å². The minimum Gasteiger partial charge on any atom is -0.478 e. The van der Waals surface area contributed by atoms with Gasteiger partial charge in [-0.15, -0.1) is 0 Å². The van der Waals surface area contributed by atoms with Crippen molar-refractivity contribution in [1.29, 1.82) is 0 Å². The molecule has 0 aliphatic rings. The summed E-state index contributed by atoms with van der Waals surface area (Å²) in [6, 6.07) is 5.90. The van der Waals surface area contributed by atoms with Gasteiger partial charge in [0.25, 0.3) is 0 Å². The number of aromatic nitrogens is 5. The fourth-order valence-electron chi connectivity index (χ4n) is 4.19. The maximum Gasteiger partial charge on any atom is 0.406 e. The SMILES string of the molecule is CCc1nn(CC)cc1Cc1cn(C)nc1-c1ccc(F)cc1[C@@H](C)Oc1cc(Br)cnc1[N+](=O)[O-]. The van der Waals surface area contributed by atoms with Gasteiger partial charge in [-0.05, 0) is 69.9 Å². The van der Waals surface area contributed by atoms with E-state index in [1.54, 1.807) is 17.7 Å². The number of ether oxygens (including phenoxy) is 1. The molecule has 0 unspecified atom stereocenters. The lowest BCUT2D eigenvalue weighted by atomic mass is 9.95. The van der Waals surface area contributed by atoms with Crippen LogP contribution >= 0.6 is 15.9 Å². The van der Waals surface area contributed by atoms with Crippen molar-refractivity contribution in [2.45, 2.75) is 46.3 Å². The molecule has 0 radical (unpaired) electrons. The van der Waals surface area contributed by atoms with Crippen molar-refractivity contribution in [2.75, 3.05) is 0 Å². The van der Waals surface area contributed by atoms with Crippen molar-refractivity contribution >= 4 is 21.7 Å². The number of nitrogens with zero attached hydrogens (tertiary/aromatic N) is 6. The van der Waals surface area contributed by atoms with Crippen LogP contribution in [-0.2, 0) is 26.4 Å². The summed E-state index contributed by atoms with van der Waals surface area (Å²) >= 11 is 3.27. The lowest BCUT2D eigenvalue weighted by molar-refractivity contribution is -0.390. The summed E-state index contributed by atoms with van der Waals surface area (Å²) < 4.78 is 24.5. The second kappa shape index (κ2) is 10.6. The molecule has 0 aliphatic heterocycles. The molecule has 4 rings (SSSR count). The highest BCUT2D eigenvalue weighted by molar-refractivity contribution is 9.10. The molecule has 0 aliphatic carbocycles. The van der Waals surface area contributed by atoms with E-state index in [-0.39, 0.29) is 5.75 Å². The van der Waals surface area contributed by atoms with E-state index in [4.69, 9.17) is 4.74 Å². The first-order valence-electron chi connectivity index (χ1n) is 11.5. The minimum absolute atomic E-state index is 0.0158. The molecule has 3 heterocycles. The average Bonchev–Trinajstić information content (AvgIpc) is 3.41. The zero-order valence-corrected chi connectivity index (χ0v) is 22.0. The number of hydrogen-bond acceptors (Lipinski definition) is 6. The molecule has 0 amide bonds. The molecule has 0 bridgehead atoms. The van der Waals surface area contributed by atoms with Crippen LogP contribution in [0.5, 0.6) is 5.75 Å². The van der Waals surface area contributed by atoms with E-state index in [1.807, 2.05) is 31.0 Å². The van der Waals surface area contributed by atoms with Gasteiger partial charge in [-0.2, -0.15) is 10.2 Å². The summed E-state index contributed by atoms with van der Waals surface area (Å²) in [5.41, 5.74) is 4.99. The van der Waals surface area contributed by atoms with Crippen LogP contribution in [0.1, 0.15) is 49.3 Å². The van der Waals surface area contributed by atoms with E-state index in [0.29, 0.717) is 27.7 Å². The molecular weight excluding hydrogens is 531 g/mol. The Hall–Kier alpha value is -3.60. The first-order chi connectivity index (χ1) is 17.2. The lowest BCUT2D eigenvalue weighted by Crippen LogP contribution is -2.08. The molecule has 0 saturated heterocycles. The van der Waals surface area contributed by atoms with Crippen LogP contribution in [0.25, 0.3) is 11.3 Å². The summed E-state index contributed by atoms with van der Waals surface area (Å²) in [5.74, 6) is -0.875. The van der Waals surface area contributed by atoms with E-state index in [0.717, 1.165) is 29.8 Å². The highest BCUT2D eigenvalue weighted by Crippen LogP contribution is 2.36. The van der Waals surface area contributed by atoms with Gasteiger partial charge in [0, 0.05) is 55.2 Å². The molecule has 11 heteroatoms. The first-order valence-corrected chi connectivity index (χ1v) is 12.3. The second-order valence-corrected chi connectivity index (χ2v) is 9.30. The topological polar surface area (TPSA) is 101 Å². The van der Waals surface area contributed by atoms with Gasteiger partial charge in [0.15, 0.2) is 6.20 Å². The highest BCUT2D eigenvalue weighted by Gasteiger charge is 2.24. The Kier molecular flexibility index (Phi) is 7.48. The standard InChI is InChI=1S/C25H26BrFN6O3/c1-5-22-16(14-32(6-2)29-22)9-17-13-31(4)30-24(17)20-8-7-19(27)11-21(20)15(3)36-23-10-18(26)12-28-25(23)33(34)35/h7-8,10-15H,5-6,9H2,1-4H3/t15-/m1/s1. The third kappa shape index (κ3) is 5.30. The molecule has 3 aromatic heterocycles. The Bertz CT molecular complexity index is 1420. The predicted octanol–water partition coefficient (Wildman–Crippen LogP) is 5.80. The van der Waals surface area contributed by atoms with Crippen molar-refractivity contribution in [2.24, 2.45) is 7.05 Å². The smallest absolute Gasteiger partial charge is 0.406 e. The number of nitro groups is 1. The molecule has 0 saturated carbocycles. The van der Waals surface area contributed by atoms with Gasteiger partial charge in [0.05, 0.1) is 15.9 Å². The summed E-state index contributed by atoms with van der Waals surface area (Å²) in [7, 11) is 1.84. The Labute approximate surface area is 216 Å². The molecule has 0 spiro atoms. The zero-order valence-electron chi connectivity index (χ0n) is 20.4. The molecule has 36 heavy (non-hydrogen) atoms. The Morgan fingerprint density at radius 3 is 2.67 bits per heavy atom. The van der Waals surface area contributed by atoms with E-state index in [9.17, 15) is 14.5 Å². The van der Waals surface area contributed by atoms with Crippen molar-refractivity contribution in [3.8, 4) is 17.0 Å². The van der Waals surface area contributed by atoms with Gasteiger partial charge in [0.2, 0.25) is 5.75 Å². The summed E-state index contributed by atoms with van der Waals surface area (Å²) in [6.45, 7) is 6.61. The number of rotatable bonds is 9. The van der Waals surface area contributed by atoms with Crippen molar-refractivity contribution in [3.63, 3.8) is 0 Å². The fraction of sp³-hybridized carbons (Fsp3) is 0.320. The zero-order chi connectivity index (χ0) is 26.0. The monoisotopic (exact) mass is 556 g/mol. The van der Waals surface area contributed by atoms with Gasteiger partial charge in [-0.3, -0.25) is 9.36 Å². The van der Waals surface area contributed by atoms with Crippen LogP contribution < -0.4 is 4.74 Å². The molecular formula is C25H26BrFN6O3. The van der Waals surface area contributed by atoms with Crippen LogP contribution in [0.3, 0.4) is 0 Å². The molecule has 9 nitrogen and oxygen atoms in total. The fourth-order valence-corrected chi connectivity index (χ4v) is 4.50. The van der Waals surface area contributed by atoms with Crippen LogP contribution in [-0.4, -0.2) is 29.5 Å². The third-order valence-corrected chi connectivity index (χ3v) is 6.29. The molecule has 188 valence electrons. The van der Waals surface area contributed by atoms with E-state index < -0.39 is 22.7 Å². The highest BCUT2D eigenvalue weighted by atomic mass is 79.9. The van der Waals surface area contributed by atoms with Crippen LogP contribution in [0.15, 0.2) is 47.3 Å². The lowest BCUT2D eigenvalue weighted by Gasteiger charge is -2.18. The van der Waals surface area contributed by atoms with Crippen LogP contribution in [0, 0.1) is 15.9 Å². The predicted molar refractivity (Wildman–Crippen MR) is 136 cm³/mol. The van der Waals surface area contributed by atoms with Crippen LogP contribution in [0.4, 0.5) is 10.2 Å². The third-order valence-electron chi connectivity index (χ3n) is 5.85. The van der Waals surface area contributed by atoms with Gasteiger partial charge < -0.3 is 14.9 Å². The maximum absolute atomic E-state index is 14.4. The van der Waals surface area contributed by atoms with E-state index in [2.05, 4.69) is 38.0 Å². The number of benzene rings is 1. The van der Waals surface area contributed by atoms with Gasteiger partial charge >= 0.3 is 5.82 Å².